The van der Waals surface area contributed by atoms with Crippen LogP contribution in [0.3, 0.4) is 0 Å². The highest BCUT2D eigenvalue weighted by Gasteiger charge is 2.36. The minimum Gasteiger partial charge on any atom is -0.446 e. The topological polar surface area (TPSA) is 89.2 Å². The summed E-state index contributed by atoms with van der Waals surface area (Å²) in [6, 6.07) is 6.45. The lowest BCUT2D eigenvalue weighted by atomic mass is 9.96. The zero-order chi connectivity index (χ0) is 22.1. The smallest absolute Gasteiger partial charge is 0.414 e. The molecule has 4 rings (SSSR count). The molecule has 9 heteroatoms. The zero-order valence-electron chi connectivity index (χ0n) is 18.9. The van der Waals surface area contributed by atoms with Crippen LogP contribution in [0.15, 0.2) is 18.2 Å². The SMILES string of the molecule is CC(=O)N1c2ccc(C3CNN(CC4CNCN4)C3)cc2N(C(=O)OC(C)C)C[C@@H]1C. The van der Waals surface area contributed by atoms with Gasteiger partial charge < -0.3 is 15.0 Å². The van der Waals surface area contributed by atoms with Crippen molar-refractivity contribution in [2.24, 2.45) is 0 Å². The fourth-order valence-electron chi connectivity index (χ4n) is 4.74. The molecule has 31 heavy (non-hydrogen) atoms. The molecule has 3 atom stereocenters. The number of nitrogens with one attached hydrogen (secondary N) is 3. The van der Waals surface area contributed by atoms with Crippen molar-refractivity contribution in [2.45, 2.75) is 51.8 Å². The van der Waals surface area contributed by atoms with Crippen molar-refractivity contribution >= 4 is 23.4 Å². The van der Waals surface area contributed by atoms with Gasteiger partial charge in [-0.05, 0) is 38.5 Å². The van der Waals surface area contributed by atoms with E-state index in [1.165, 1.54) is 0 Å². The van der Waals surface area contributed by atoms with E-state index in [0.29, 0.717) is 18.5 Å². The van der Waals surface area contributed by atoms with Gasteiger partial charge in [-0.15, -0.1) is 0 Å². The van der Waals surface area contributed by atoms with Gasteiger partial charge in [0.1, 0.15) is 0 Å². The van der Waals surface area contributed by atoms with Gasteiger partial charge in [-0.2, -0.15) is 0 Å². The number of rotatable bonds is 4. The van der Waals surface area contributed by atoms with Crippen LogP contribution in [0.5, 0.6) is 0 Å². The zero-order valence-corrected chi connectivity index (χ0v) is 18.9. The number of benzene rings is 1. The highest BCUT2D eigenvalue weighted by Crippen LogP contribution is 2.39. The van der Waals surface area contributed by atoms with Crippen molar-refractivity contribution < 1.29 is 14.3 Å². The quantitative estimate of drug-likeness (QED) is 0.662. The molecule has 0 radical (unpaired) electrons. The van der Waals surface area contributed by atoms with Gasteiger partial charge in [-0.3, -0.25) is 20.4 Å². The molecule has 3 aliphatic heterocycles. The van der Waals surface area contributed by atoms with Gasteiger partial charge in [0, 0.05) is 58.3 Å². The van der Waals surface area contributed by atoms with E-state index in [0.717, 1.165) is 49.8 Å². The third-order valence-electron chi connectivity index (χ3n) is 6.15. The van der Waals surface area contributed by atoms with E-state index < -0.39 is 0 Å². The largest absolute Gasteiger partial charge is 0.446 e. The van der Waals surface area contributed by atoms with Crippen LogP contribution < -0.4 is 25.9 Å². The Morgan fingerprint density at radius 2 is 2.00 bits per heavy atom. The van der Waals surface area contributed by atoms with E-state index in [1.807, 2.05) is 26.8 Å². The summed E-state index contributed by atoms with van der Waals surface area (Å²) in [6.45, 7) is 12.2. The van der Waals surface area contributed by atoms with E-state index in [2.05, 4.69) is 33.2 Å². The van der Waals surface area contributed by atoms with Gasteiger partial charge in [0.25, 0.3) is 0 Å². The molecule has 2 fully saturated rings. The van der Waals surface area contributed by atoms with Crippen molar-refractivity contribution in [1.82, 2.24) is 21.1 Å². The van der Waals surface area contributed by atoms with Crippen LogP contribution in [-0.4, -0.2) is 74.6 Å². The molecule has 0 saturated carbocycles. The maximum absolute atomic E-state index is 12.8. The third-order valence-corrected chi connectivity index (χ3v) is 6.15. The van der Waals surface area contributed by atoms with Crippen LogP contribution >= 0.6 is 0 Å². The predicted molar refractivity (Wildman–Crippen MR) is 120 cm³/mol. The summed E-state index contributed by atoms with van der Waals surface area (Å²) in [4.78, 5) is 28.6. The fourth-order valence-corrected chi connectivity index (χ4v) is 4.74. The van der Waals surface area contributed by atoms with Crippen LogP contribution in [0.25, 0.3) is 0 Å². The molecule has 3 heterocycles. The molecule has 3 aliphatic rings. The van der Waals surface area contributed by atoms with Crippen molar-refractivity contribution in [1.29, 1.82) is 0 Å². The summed E-state index contributed by atoms with van der Waals surface area (Å²) in [5.41, 5.74) is 6.17. The molecule has 2 amide bonds. The third kappa shape index (κ3) is 4.69. The average Bonchev–Trinajstić information content (AvgIpc) is 3.38. The molecule has 170 valence electrons. The Morgan fingerprint density at radius 3 is 2.68 bits per heavy atom. The highest BCUT2D eigenvalue weighted by atomic mass is 16.6. The highest BCUT2D eigenvalue weighted by molar-refractivity contribution is 6.02. The summed E-state index contributed by atoms with van der Waals surface area (Å²) < 4.78 is 5.50. The second-order valence-electron chi connectivity index (χ2n) is 9.03. The molecule has 9 nitrogen and oxygen atoms in total. The number of carbonyl (C=O) groups excluding carboxylic acids is 2. The minimum absolute atomic E-state index is 0.0234. The molecular formula is C22H34N6O3. The molecule has 2 unspecified atom stereocenters. The summed E-state index contributed by atoms with van der Waals surface area (Å²) >= 11 is 0. The molecule has 0 aromatic heterocycles. The monoisotopic (exact) mass is 430 g/mol. The molecule has 0 aliphatic carbocycles. The Bertz CT molecular complexity index is 825. The summed E-state index contributed by atoms with van der Waals surface area (Å²) in [5, 5.41) is 9.03. The van der Waals surface area contributed by atoms with E-state index in [4.69, 9.17) is 4.74 Å². The molecule has 0 bridgehead atoms. The van der Waals surface area contributed by atoms with E-state index in [9.17, 15) is 9.59 Å². The lowest BCUT2D eigenvalue weighted by Crippen LogP contribution is -2.51. The van der Waals surface area contributed by atoms with Crippen LogP contribution in [-0.2, 0) is 9.53 Å². The molecule has 3 N–H and O–H groups in total. The number of fused-ring (bicyclic) bond motifs is 1. The maximum Gasteiger partial charge on any atom is 0.414 e. The minimum atomic E-state index is -0.366. The predicted octanol–water partition coefficient (Wildman–Crippen LogP) is 1.22. The van der Waals surface area contributed by atoms with Gasteiger partial charge >= 0.3 is 6.09 Å². The number of hydrogen-bond acceptors (Lipinski definition) is 7. The summed E-state index contributed by atoms with van der Waals surface area (Å²) in [6.07, 6.45) is -0.569. The van der Waals surface area contributed by atoms with Gasteiger partial charge in [0.05, 0.1) is 23.5 Å². The Balaban J connectivity index is 1.57. The average molecular weight is 431 g/mol. The first kappa shape index (κ1) is 22.0. The standard InChI is InChI=1S/C22H34N6O3/c1-14(2)31-22(30)27-10-15(3)28(16(4)29)20-6-5-17(7-21(20)27)18-8-25-26(11-18)12-19-9-23-13-24-19/h5-7,14-15,18-19,23-25H,8-13H2,1-4H3/t15-,18?,19?/m0/s1. The lowest BCUT2D eigenvalue weighted by Gasteiger charge is -2.40. The van der Waals surface area contributed by atoms with Crippen LogP contribution in [0, 0.1) is 0 Å². The first-order chi connectivity index (χ1) is 14.8. The van der Waals surface area contributed by atoms with Crippen molar-refractivity contribution in [2.75, 3.05) is 49.2 Å². The molecule has 1 aromatic rings. The molecule has 0 spiro atoms. The van der Waals surface area contributed by atoms with Gasteiger partial charge in [-0.1, -0.05) is 6.07 Å². The number of hydrogen-bond donors (Lipinski definition) is 3. The van der Waals surface area contributed by atoms with Crippen molar-refractivity contribution in [3.63, 3.8) is 0 Å². The first-order valence-corrected chi connectivity index (χ1v) is 11.2. The molecule has 2 saturated heterocycles. The first-order valence-electron chi connectivity index (χ1n) is 11.2. The van der Waals surface area contributed by atoms with Gasteiger partial charge in [0.2, 0.25) is 5.91 Å². The normalized spacial score (nSPS) is 26.4. The molecular weight excluding hydrogens is 396 g/mol. The van der Waals surface area contributed by atoms with E-state index in [-0.39, 0.29) is 24.1 Å². The van der Waals surface area contributed by atoms with Crippen LogP contribution in [0.2, 0.25) is 0 Å². The number of anilines is 2. The Labute approximate surface area is 184 Å². The Hall–Kier alpha value is -2.20. The lowest BCUT2D eigenvalue weighted by molar-refractivity contribution is -0.117. The van der Waals surface area contributed by atoms with Crippen LogP contribution in [0.1, 0.15) is 39.2 Å². The van der Waals surface area contributed by atoms with E-state index >= 15 is 0 Å². The van der Waals surface area contributed by atoms with Crippen molar-refractivity contribution in [3.05, 3.63) is 23.8 Å². The number of ether oxygens (including phenoxy) is 1. The number of carbonyl (C=O) groups is 2. The van der Waals surface area contributed by atoms with E-state index in [1.54, 1.807) is 16.7 Å². The van der Waals surface area contributed by atoms with Gasteiger partial charge in [0.15, 0.2) is 0 Å². The molecule has 1 aromatic carbocycles. The summed E-state index contributed by atoms with van der Waals surface area (Å²) in [7, 11) is 0. The second kappa shape index (κ2) is 9.12. The number of hydrazine groups is 1. The van der Waals surface area contributed by atoms with Gasteiger partial charge in [-0.25, -0.2) is 9.80 Å². The second-order valence-corrected chi connectivity index (χ2v) is 9.03. The summed E-state index contributed by atoms with van der Waals surface area (Å²) in [5.74, 6) is 0.289. The number of amides is 2. The van der Waals surface area contributed by atoms with Crippen LogP contribution in [0.4, 0.5) is 16.2 Å². The Kier molecular flexibility index (Phi) is 6.47. The van der Waals surface area contributed by atoms with Crippen molar-refractivity contribution in [3.8, 4) is 0 Å². The fraction of sp³-hybridized carbons (Fsp3) is 0.636. The number of nitrogens with zero attached hydrogens (tertiary/aromatic N) is 3. The maximum atomic E-state index is 12.8. The Morgan fingerprint density at radius 1 is 1.19 bits per heavy atom.